The predicted octanol–water partition coefficient (Wildman–Crippen LogP) is 0.345. The van der Waals surface area contributed by atoms with Crippen LogP contribution >= 0.6 is 0 Å². The van der Waals surface area contributed by atoms with Crippen molar-refractivity contribution in [1.29, 1.82) is 0 Å². The molecule has 3 unspecified atom stereocenters. The fourth-order valence-corrected chi connectivity index (χ4v) is 5.46. The third-order valence-corrected chi connectivity index (χ3v) is 7.04. The van der Waals surface area contributed by atoms with E-state index in [2.05, 4.69) is 16.0 Å². The average molecular weight is 452 g/mol. The Kier molecular flexibility index (Phi) is 6.99. The van der Waals surface area contributed by atoms with Crippen LogP contribution in [0.15, 0.2) is 0 Å². The van der Waals surface area contributed by atoms with Gasteiger partial charge in [-0.2, -0.15) is 0 Å². The first-order valence-electron chi connectivity index (χ1n) is 11.6. The molecule has 4 fully saturated rings. The predicted molar refractivity (Wildman–Crippen MR) is 111 cm³/mol. The van der Waals surface area contributed by atoms with Crippen molar-refractivity contribution in [3.63, 3.8) is 0 Å². The molecule has 3 N–H and O–H groups in total. The Bertz CT molecular complexity index is 745. The lowest BCUT2D eigenvalue weighted by molar-refractivity contribution is -0.169. The zero-order valence-corrected chi connectivity index (χ0v) is 18.6. The lowest BCUT2D eigenvalue weighted by atomic mass is 9.98. The lowest BCUT2D eigenvalue weighted by Gasteiger charge is -2.28. The van der Waals surface area contributed by atoms with Gasteiger partial charge in [-0.15, -0.1) is 0 Å². The molecule has 10 nitrogen and oxygen atoms in total. The summed E-state index contributed by atoms with van der Waals surface area (Å²) >= 11 is 0. The van der Waals surface area contributed by atoms with Gasteiger partial charge in [-0.3, -0.25) is 9.59 Å². The number of hydrogen-bond acceptors (Lipinski definition) is 7. The Hall–Kier alpha value is -2.20. The minimum absolute atomic E-state index is 0.101. The van der Waals surface area contributed by atoms with Gasteiger partial charge in [0.2, 0.25) is 11.8 Å². The Balaban J connectivity index is 1.33. The zero-order valence-electron chi connectivity index (χ0n) is 18.6. The Morgan fingerprint density at radius 3 is 2.69 bits per heavy atom. The molecule has 10 heteroatoms. The average Bonchev–Trinajstić information content (AvgIpc) is 3.41. The van der Waals surface area contributed by atoms with Crippen LogP contribution < -0.4 is 16.0 Å². The quantitative estimate of drug-likeness (QED) is 0.431. The second kappa shape index (κ2) is 9.74. The molecule has 0 spiro atoms. The molecule has 32 heavy (non-hydrogen) atoms. The number of fused-ring (bicyclic) bond motifs is 1. The van der Waals surface area contributed by atoms with Gasteiger partial charge in [0.1, 0.15) is 18.4 Å². The summed E-state index contributed by atoms with van der Waals surface area (Å²) in [4.78, 5) is 49.0. The van der Waals surface area contributed by atoms with Gasteiger partial charge in [0, 0.05) is 30.2 Å². The fourth-order valence-electron chi connectivity index (χ4n) is 5.46. The van der Waals surface area contributed by atoms with Crippen LogP contribution in [-0.4, -0.2) is 68.4 Å². The summed E-state index contributed by atoms with van der Waals surface area (Å²) in [5, 5.41) is 8.11. The third-order valence-electron chi connectivity index (χ3n) is 7.04. The van der Waals surface area contributed by atoms with Crippen molar-refractivity contribution in [3.05, 3.63) is 0 Å². The first-order chi connectivity index (χ1) is 15.4. The van der Waals surface area contributed by atoms with Crippen LogP contribution in [0.2, 0.25) is 0 Å². The van der Waals surface area contributed by atoms with Crippen LogP contribution in [0.1, 0.15) is 39.5 Å². The molecule has 4 rings (SSSR count). The molecule has 2 bridgehead atoms. The van der Waals surface area contributed by atoms with Crippen LogP contribution in [-0.2, 0) is 28.6 Å². The van der Waals surface area contributed by atoms with E-state index in [0.29, 0.717) is 38.9 Å². The van der Waals surface area contributed by atoms with E-state index in [1.807, 2.05) is 13.8 Å². The minimum Gasteiger partial charge on any atom is -0.445 e. The molecule has 3 amide bonds. The van der Waals surface area contributed by atoms with E-state index in [0.717, 1.165) is 6.42 Å². The summed E-state index contributed by atoms with van der Waals surface area (Å²) in [7, 11) is 0. The SMILES string of the molecule is CC(C)C[C@H](NC(=O)O[C@H]1C2CO[C@H]3OC[C@@H]1C3C2)C(=O)N[C@H](C=O)CC1CCNC1=O. The van der Waals surface area contributed by atoms with Crippen LogP contribution in [0.4, 0.5) is 4.79 Å². The highest BCUT2D eigenvalue weighted by molar-refractivity contribution is 5.88. The van der Waals surface area contributed by atoms with Crippen molar-refractivity contribution in [2.75, 3.05) is 19.8 Å². The third kappa shape index (κ3) is 4.91. The topological polar surface area (TPSA) is 132 Å². The fraction of sp³-hybridized carbons (Fsp3) is 0.818. The van der Waals surface area contributed by atoms with E-state index in [4.69, 9.17) is 14.2 Å². The van der Waals surface area contributed by atoms with Crippen LogP contribution in [0.5, 0.6) is 0 Å². The molecule has 0 aromatic heterocycles. The van der Waals surface area contributed by atoms with E-state index >= 15 is 0 Å². The maximum absolute atomic E-state index is 12.9. The molecule has 0 radical (unpaired) electrons. The maximum atomic E-state index is 12.9. The summed E-state index contributed by atoms with van der Waals surface area (Å²) in [6.07, 6.45) is 1.69. The number of ether oxygens (including phenoxy) is 3. The molecule has 3 heterocycles. The number of amides is 3. The van der Waals surface area contributed by atoms with Gasteiger partial charge >= 0.3 is 6.09 Å². The van der Waals surface area contributed by atoms with E-state index in [9.17, 15) is 19.2 Å². The molecule has 1 aliphatic carbocycles. The minimum atomic E-state index is -0.841. The second-order valence-electron chi connectivity index (χ2n) is 9.82. The second-order valence-corrected chi connectivity index (χ2v) is 9.82. The lowest BCUT2D eigenvalue weighted by Crippen LogP contribution is -2.52. The molecule has 178 valence electrons. The van der Waals surface area contributed by atoms with Crippen molar-refractivity contribution >= 4 is 24.2 Å². The molecule has 0 aromatic carbocycles. The number of nitrogens with one attached hydrogen (secondary N) is 3. The van der Waals surface area contributed by atoms with Gasteiger partial charge in [-0.1, -0.05) is 13.8 Å². The number of carbonyl (C=O) groups excluding carboxylic acids is 4. The first kappa shape index (κ1) is 23.0. The molecule has 0 aromatic rings. The van der Waals surface area contributed by atoms with Crippen molar-refractivity contribution in [2.24, 2.45) is 29.6 Å². The van der Waals surface area contributed by atoms with Crippen LogP contribution in [0, 0.1) is 29.6 Å². The van der Waals surface area contributed by atoms with Gasteiger partial charge in [-0.25, -0.2) is 4.79 Å². The van der Waals surface area contributed by atoms with Gasteiger partial charge in [-0.05, 0) is 31.6 Å². The molecule has 1 saturated carbocycles. The van der Waals surface area contributed by atoms with Crippen molar-refractivity contribution < 1.29 is 33.4 Å². The summed E-state index contributed by atoms with van der Waals surface area (Å²) in [5.74, 6) is -0.211. The monoisotopic (exact) mass is 451 g/mol. The normalized spacial score (nSPS) is 34.7. The van der Waals surface area contributed by atoms with E-state index in [1.54, 1.807) is 0 Å². The number of rotatable bonds is 9. The highest BCUT2D eigenvalue weighted by Crippen LogP contribution is 2.49. The number of carbonyl (C=O) groups is 4. The molecule has 3 aliphatic heterocycles. The van der Waals surface area contributed by atoms with Crippen LogP contribution in [0.25, 0.3) is 0 Å². The van der Waals surface area contributed by atoms with Crippen molar-refractivity contribution in [1.82, 2.24) is 16.0 Å². The Morgan fingerprint density at radius 2 is 2.00 bits per heavy atom. The van der Waals surface area contributed by atoms with Gasteiger partial charge in [0.15, 0.2) is 6.29 Å². The maximum Gasteiger partial charge on any atom is 0.408 e. The van der Waals surface area contributed by atoms with E-state index in [-0.39, 0.29) is 54.3 Å². The summed E-state index contributed by atoms with van der Waals surface area (Å²) in [6.45, 7) is 5.48. The highest BCUT2D eigenvalue weighted by atomic mass is 16.7. The molecular weight excluding hydrogens is 418 g/mol. The summed E-state index contributed by atoms with van der Waals surface area (Å²) in [5.41, 5.74) is 0. The summed E-state index contributed by atoms with van der Waals surface area (Å²) in [6, 6.07) is -1.63. The number of alkyl carbamates (subject to hydrolysis) is 1. The van der Waals surface area contributed by atoms with Gasteiger partial charge in [0.05, 0.1) is 19.3 Å². The van der Waals surface area contributed by atoms with E-state index < -0.39 is 24.1 Å². The standard InChI is InChI=1S/C22H33N3O7/c1-11(2)5-17(20(28)24-14(8-26)6-12-3-4-23-19(12)27)25-22(29)32-18-13-7-15-16(18)10-31-21(15)30-9-13/h8,11-18,21H,3-7,9-10H2,1-2H3,(H,23,27)(H,24,28)(H,25,29)/t12?,13?,14-,15?,16+,17-,18-,21-/m0/s1. The Morgan fingerprint density at radius 1 is 1.22 bits per heavy atom. The molecule has 3 saturated heterocycles. The molecule has 8 atom stereocenters. The Labute approximate surface area is 187 Å². The number of hydrogen-bond donors (Lipinski definition) is 3. The molecule has 4 aliphatic rings. The van der Waals surface area contributed by atoms with Gasteiger partial charge < -0.3 is 35.0 Å². The van der Waals surface area contributed by atoms with Crippen molar-refractivity contribution in [3.8, 4) is 0 Å². The largest absolute Gasteiger partial charge is 0.445 e. The first-order valence-corrected chi connectivity index (χ1v) is 11.6. The smallest absolute Gasteiger partial charge is 0.408 e. The van der Waals surface area contributed by atoms with Crippen molar-refractivity contribution in [2.45, 2.75) is 64.0 Å². The summed E-state index contributed by atoms with van der Waals surface area (Å²) < 4.78 is 17.1. The molecular formula is C22H33N3O7. The highest BCUT2D eigenvalue weighted by Gasteiger charge is 2.56. The van der Waals surface area contributed by atoms with Gasteiger partial charge in [0.25, 0.3) is 0 Å². The van der Waals surface area contributed by atoms with E-state index in [1.165, 1.54) is 0 Å². The van der Waals surface area contributed by atoms with Crippen LogP contribution in [0.3, 0.4) is 0 Å². The zero-order chi connectivity index (χ0) is 22.8. The number of aldehydes is 1.